The molecular weight excluding hydrogens is 236 g/mol. The zero-order valence-corrected chi connectivity index (χ0v) is 10.6. The number of aryl methyl sites for hydroxylation is 2. The number of benzene rings is 1. The fourth-order valence-electron chi connectivity index (χ4n) is 1.87. The quantitative estimate of drug-likeness (QED) is 0.910. The minimum atomic E-state index is -0.248. The van der Waals surface area contributed by atoms with Gasteiger partial charge in [0.1, 0.15) is 0 Å². The van der Waals surface area contributed by atoms with Crippen molar-refractivity contribution in [3.63, 3.8) is 0 Å². The van der Waals surface area contributed by atoms with Gasteiger partial charge in [0.25, 0.3) is 0 Å². The summed E-state index contributed by atoms with van der Waals surface area (Å²) in [5.41, 5.74) is 9.19. The molecule has 1 aromatic carbocycles. The molecule has 17 heavy (non-hydrogen) atoms. The largest absolute Gasteiger partial charge is 0.319 e. The van der Waals surface area contributed by atoms with Gasteiger partial charge in [-0.3, -0.25) is 0 Å². The summed E-state index contributed by atoms with van der Waals surface area (Å²) in [6.45, 7) is 4.76. The van der Waals surface area contributed by atoms with Crippen LogP contribution in [0.3, 0.4) is 0 Å². The van der Waals surface area contributed by atoms with Gasteiger partial charge >= 0.3 is 0 Å². The molecule has 0 spiro atoms. The molecule has 0 saturated heterocycles. The first-order valence-corrected chi connectivity index (χ1v) is 5.90. The smallest absolute Gasteiger partial charge is 0.0799 e. The van der Waals surface area contributed by atoms with Crippen LogP contribution in [0.2, 0.25) is 5.02 Å². The van der Waals surface area contributed by atoms with Gasteiger partial charge in [0.2, 0.25) is 0 Å². The molecule has 0 radical (unpaired) electrons. The number of aromatic nitrogens is 3. The van der Waals surface area contributed by atoms with Gasteiger partial charge in [-0.25, -0.2) is 4.68 Å². The summed E-state index contributed by atoms with van der Waals surface area (Å²) in [7, 11) is 0. The monoisotopic (exact) mass is 250 g/mol. The lowest BCUT2D eigenvalue weighted by molar-refractivity contribution is 0.581. The topological polar surface area (TPSA) is 56.7 Å². The van der Waals surface area contributed by atoms with Crippen LogP contribution in [0.15, 0.2) is 24.4 Å². The van der Waals surface area contributed by atoms with Gasteiger partial charge < -0.3 is 5.73 Å². The van der Waals surface area contributed by atoms with Gasteiger partial charge in [-0.2, -0.15) is 0 Å². The van der Waals surface area contributed by atoms with Crippen LogP contribution in [0.4, 0.5) is 0 Å². The average Bonchev–Trinajstić information content (AvgIpc) is 2.74. The van der Waals surface area contributed by atoms with Gasteiger partial charge in [-0.15, -0.1) is 5.10 Å². The van der Waals surface area contributed by atoms with E-state index in [4.69, 9.17) is 17.3 Å². The first-order valence-electron chi connectivity index (χ1n) is 5.53. The number of hydrogen-bond acceptors (Lipinski definition) is 3. The molecule has 2 aromatic rings. The molecule has 1 aromatic heterocycles. The Kier molecular flexibility index (Phi) is 3.45. The van der Waals surface area contributed by atoms with Crippen molar-refractivity contribution in [2.45, 2.75) is 26.4 Å². The van der Waals surface area contributed by atoms with Crippen molar-refractivity contribution < 1.29 is 0 Å². The normalized spacial score (nSPS) is 12.7. The van der Waals surface area contributed by atoms with E-state index in [2.05, 4.69) is 10.3 Å². The first kappa shape index (κ1) is 12.1. The SMILES string of the molecule is CCn1nncc1C(N)c1cc(C)cc(Cl)c1. The lowest BCUT2D eigenvalue weighted by atomic mass is 10.0. The van der Waals surface area contributed by atoms with E-state index in [0.29, 0.717) is 5.02 Å². The van der Waals surface area contributed by atoms with Crippen molar-refractivity contribution in [2.24, 2.45) is 5.73 Å². The van der Waals surface area contributed by atoms with E-state index in [1.165, 1.54) is 0 Å². The Morgan fingerprint density at radius 3 is 2.82 bits per heavy atom. The molecule has 0 aliphatic rings. The second-order valence-electron chi connectivity index (χ2n) is 4.01. The first-order chi connectivity index (χ1) is 8.11. The van der Waals surface area contributed by atoms with Crippen molar-refractivity contribution >= 4 is 11.6 Å². The second kappa shape index (κ2) is 4.85. The molecule has 0 fully saturated rings. The molecule has 0 amide bonds. The number of nitrogens with two attached hydrogens (primary N) is 1. The Labute approximate surface area is 105 Å². The summed E-state index contributed by atoms with van der Waals surface area (Å²) >= 11 is 6.04. The van der Waals surface area contributed by atoms with Crippen LogP contribution >= 0.6 is 11.6 Å². The lowest BCUT2D eigenvalue weighted by Crippen LogP contribution is -2.17. The molecule has 2 N–H and O–H groups in total. The molecule has 0 saturated carbocycles. The average molecular weight is 251 g/mol. The van der Waals surface area contributed by atoms with Gasteiger partial charge in [0.05, 0.1) is 17.9 Å². The van der Waals surface area contributed by atoms with E-state index in [9.17, 15) is 0 Å². The van der Waals surface area contributed by atoms with Gasteiger partial charge in [-0.1, -0.05) is 22.9 Å². The summed E-state index contributed by atoms with van der Waals surface area (Å²) in [4.78, 5) is 0. The molecular formula is C12H15ClN4. The van der Waals surface area contributed by atoms with E-state index in [-0.39, 0.29) is 6.04 Å². The Bertz CT molecular complexity index is 501. The Hall–Kier alpha value is -1.39. The minimum absolute atomic E-state index is 0.248. The Balaban J connectivity index is 2.39. The summed E-state index contributed by atoms with van der Waals surface area (Å²) in [5, 5.41) is 8.56. The fourth-order valence-corrected chi connectivity index (χ4v) is 2.17. The fraction of sp³-hybridized carbons (Fsp3) is 0.333. The standard InChI is InChI=1S/C12H15ClN4/c1-3-17-11(7-15-16-17)12(14)9-4-8(2)5-10(13)6-9/h4-7,12H,3,14H2,1-2H3. The van der Waals surface area contributed by atoms with Gasteiger partial charge in [0, 0.05) is 11.6 Å². The maximum absolute atomic E-state index is 6.22. The third-order valence-corrected chi connectivity index (χ3v) is 2.91. The zero-order valence-electron chi connectivity index (χ0n) is 9.89. The van der Waals surface area contributed by atoms with Crippen molar-refractivity contribution in [3.05, 3.63) is 46.2 Å². The van der Waals surface area contributed by atoms with Crippen LogP contribution in [0, 0.1) is 6.92 Å². The molecule has 90 valence electrons. The van der Waals surface area contributed by atoms with E-state index in [0.717, 1.165) is 23.4 Å². The predicted molar refractivity (Wildman–Crippen MR) is 67.9 cm³/mol. The molecule has 0 bridgehead atoms. The van der Waals surface area contributed by atoms with Crippen LogP contribution in [0.1, 0.15) is 29.8 Å². The molecule has 4 nitrogen and oxygen atoms in total. The van der Waals surface area contributed by atoms with Crippen LogP contribution in [0.25, 0.3) is 0 Å². The second-order valence-corrected chi connectivity index (χ2v) is 4.45. The maximum atomic E-state index is 6.22. The highest BCUT2D eigenvalue weighted by Crippen LogP contribution is 2.23. The summed E-state index contributed by atoms with van der Waals surface area (Å²) in [6.07, 6.45) is 1.70. The molecule has 1 unspecified atom stereocenters. The minimum Gasteiger partial charge on any atom is -0.319 e. The highest BCUT2D eigenvalue weighted by atomic mass is 35.5. The van der Waals surface area contributed by atoms with Crippen molar-refractivity contribution in [1.29, 1.82) is 0 Å². The number of nitrogens with zero attached hydrogens (tertiary/aromatic N) is 3. The third kappa shape index (κ3) is 2.48. The van der Waals surface area contributed by atoms with E-state index < -0.39 is 0 Å². The zero-order chi connectivity index (χ0) is 12.4. The maximum Gasteiger partial charge on any atom is 0.0799 e. The van der Waals surface area contributed by atoms with Crippen molar-refractivity contribution in [2.75, 3.05) is 0 Å². The molecule has 2 rings (SSSR count). The molecule has 1 atom stereocenters. The summed E-state index contributed by atoms with van der Waals surface area (Å²) in [5.74, 6) is 0. The Morgan fingerprint density at radius 1 is 1.41 bits per heavy atom. The molecule has 0 aliphatic heterocycles. The summed E-state index contributed by atoms with van der Waals surface area (Å²) in [6, 6.07) is 5.57. The van der Waals surface area contributed by atoms with E-state index >= 15 is 0 Å². The van der Waals surface area contributed by atoms with Gasteiger partial charge in [0.15, 0.2) is 0 Å². The number of hydrogen-bond donors (Lipinski definition) is 1. The summed E-state index contributed by atoms with van der Waals surface area (Å²) < 4.78 is 1.79. The van der Waals surface area contributed by atoms with Crippen LogP contribution in [0.5, 0.6) is 0 Å². The van der Waals surface area contributed by atoms with Gasteiger partial charge in [-0.05, 0) is 37.1 Å². The van der Waals surface area contributed by atoms with Crippen molar-refractivity contribution in [3.8, 4) is 0 Å². The van der Waals surface area contributed by atoms with Crippen LogP contribution in [-0.4, -0.2) is 15.0 Å². The van der Waals surface area contributed by atoms with Crippen LogP contribution in [-0.2, 0) is 6.54 Å². The molecule has 5 heteroatoms. The van der Waals surface area contributed by atoms with Crippen LogP contribution < -0.4 is 5.73 Å². The lowest BCUT2D eigenvalue weighted by Gasteiger charge is -2.13. The highest BCUT2D eigenvalue weighted by molar-refractivity contribution is 6.30. The van der Waals surface area contributed by atoms with E-state index in [1.807, 2.05) is 32.0 Å². The molecule has 0 aliphatic carbocycles. The van der Waals surface area contributed by atoms with E-state index in [1.54, 1.807) is 10.9 Å². The number of rotatable bonds is 3. The third-order valence-electron chi connectivity index (χ3n) is 2.69. The van der Waals surface area contributed by atoms with Crippen molar-refractivity contribution in [1.82, 2.24) is 15.0 Å². The number of halogens is 1. The predicted octanol–water partition coefficient (Wildman–Crippen LogP) is 2.31. The highest BCUT2D eigenvalue weighted by Gasteiger charge is 2.15. The Morgan fingerprint density at radius 2 is 2.18 bits per heavy atom. The molecule has 1 heterocycles.